The van der Waals surface area contributed by atoms with Crippen molar-refractivity contribution in [2.45, 2.75) is 52.4 Å². The van der Waals surface area contributed by atoms with Crippen LogP contribution in [0, 0.1) is 13.8 Å². The fourth-order valence-electron chi connectivity index (χ4n) is 0.500. The van der Waals surface area contributed by atoms with Gasteiger partial charge in [0.1, 0.15) is 0 Å². The van der Waals surface area contributed by atoms with Crippen LogP contribution in [0.4, 0.5) is 0 Å². The van der Waals surface area contributed by atoms with Gasteiger partial charge in [0.15, 0.2) is 0 Å². The van der Waals surface area contributed by atoms with Crippen molar-refractivity contribution in [3.05, 3.63) is 13.8 Å². The maximum absolute atomic E-state index is 3.68. The Bertz CT molecular complexity index is 30.8. The summed E-state index contributed by atoms with van der Waals surface area (Å²) in [4.78, 5) is 0. The monoisotopic (exact) mass is 228 g/mol. The predicted molar refractivity (Wildman–Crippen MR) is 55.5 cm³/mol. The molecule has 0 unspecified atom stereocenters. The fraction of sp³-hybridized carbons (Fsp3) is 0.800. The van der Waals surface area contributed by atoms with Gasteiger partial charge in [0.25, 0.3) is 0 Å². The van der Waals surface area contributed by atoms with Gasteiger partial charge in [0, 0.05) is 29.6 Å². The molecule has 0 spiro atoms. The van der Waals surface area contributed by atoms with Crippen LogP contribution in [0.3, 0.4) is 0 Å². The van der Waals surface area contributed by atoms with Gasteiger partial charge in [-0.1, -0.05) is 39.5 Å². The molecule has 2 radical (unpaired) electrons. The second kappa shape index (κ2) is 29.4. The summed E-state index contributed by atoms with van der Waals surface area (Å²) in [6.07, 6.45) is 7.31. The molecule has 0 aliphatic carbocycles. The summed E-state index contributed by atoms with van der Waals surface area (Å²) in [7, 11) is 0. The Morgan fingerprint density at radius 1 is 0.833 bits per heavy atom. The van der Waals surface area contributed by atoms with Crippen LogP contribution in [0.5, 0.6) is 0 Å². The second-order valence-electron chi connectivity index (χ2n) is 2.41. The first-order valence-electron chi connectivity index (χ1n) is 4.41. The summed E-state index contributed by atoms with van der Waals surface area (Å²) in [6.45, 7) is 11.7. The Morgan fingerprint density at radius 3 is 1.08 bits per heavy atom. The third-order valence-electron chi connectivity index (χ3n) is 1.21. The third kappa shape index (κ3) is 41.8. The topological polar surface area (TPSA) is 0 Å². The van der Waals surface area contributed by atoms with Crippen molar-refractivity contribution in [1.82, 2.24) is 0 Å². The minimum atomic E-state index is 0. The van der Waals surface area contributed by atoms with E-state index in [4.69, 9.17) is 0 Å². The number of unbranched alkanes of at least 4 members (excludes halogenated alkanes) is 4. The molecule has 0 N–H and O–H groups in total. The van der Waals surface area contributed by atoms with E-state index in [1.165, 1.54) is 25.7 Å². The molecule has 0 saturated heterocycles. The molecule has 74 valence electrons. The minimum absolute atomic E-state index is 0. The molecule has 0 saturated carbocycles. The first kappa shape index (κ1) is 23.4. The van der Waals surface area contributed by atoms with Gasteiger partial charge in [-0.25, -0.2) is 0 Å². The van der Waals surface area contributed by atoms with Crippen molar-refractivity contribution < 1.29 is 17.1 Å². The van der Waals surface area contributed by atoms with Crippen LogP contribution in [0.2, 0.25) is 0 Å². The van der Waals surface area contributed by atoms with Crippen LogP contribution in [-0.2, 0) is 17.1 Å². The molecular weight excluding hydrogens is 207 g/mol. The molecule has 0 fully saturated rings. The third-order valence-corrected chi connectivity index (χ3v) is 1.21. The van der Waals surface area contributed by atoms with E-state index >= 15 is 0 Å². The van der Waals surface area contributed by atoms with Crippen LogP contribution in [0.1, 0.15) is 52.4 Å². The molecular formula is C10H22CuNa. The molecule has 0 bridgehead atoms. The predicted octanol–water partition coefficient (Wildman–Crippen LogP) is 3.64. The van der Waals surface area contributed by atoms with Crippen molar-refractivity contribution in [2.24, 2.45) is 0 Å². The zero-order valence-corrected chi connectivity index (χ0v) is 11.9. The van der Waals surface area contributed by atoms with Gasteiger partial charge in [-0.15, -0.1) is 0 Å². The number of hydrogen-bond donors (Lipinski definition) is 0. The van der Waals surface area contributed by atoms with Crippen molar-refractivity contribution in [2.75, 3.05) is 0 Å². The first-order valence-corrected chi connectivity index (χ1v) is 4.41. The molecule has 0 aromatic carbocycles. The summed E-state index contributed by atoms with van der Waals surface area (Å²) < 4.78 is 0. The van der Waals surface area contributed by atoms with Gasteiger partial charge in [0.2, 0.25) is 0 Å². The maximum atomic E-state index is 3.68. The van der Waals surface area contributed by atoms with Gasteiger partial charge in [-0.2, -0.15) is 12.8 Å². The Labute approximate surface area is 112 Å². The van der Waals surface area contributed by atoms with E-state index in [1.54, 1.807) is 0 Å². The largest absolute Gasteiger partial charge is 2.00 e. The minimum Gasteiger partial charge on any atom is -0.343 e. The molecule has 0 atom stereocenters. The summed E-state index contributed by atoms with van der Waals surface area (Å²) in [5.41, 5.74) is 0. The van der Waals surface area contributed by atoms with Crippen molar-refractivity contribution >= 4 is 29.6 Å². The smallest absolute Gasteiger partial charge is 0.343 e. The average molecular weight is 229 g/mol. The Balaban J connectivity index is -0.0000000457. The van der Waals surface area contributed by atoms with Gasteiger partial charge >= 0.3 is 17.1 Å². The average Bonchev–Trinajstić information content (AvgIpc) is 1.93. The van der Waals surface area contributed by atoms with E-state index < -0.39 is 0 Å². The molecule has 0 amide bonds. The Kier molecular flexibility index (Phi) is 57.3. The SMILES string of the molecule is [CH2-]CCCC.[CH2-]CCCC.[Cu+2].[Na]. The Morgan fingerprint density at radius 2 is 1.08 bits per heavy atom. The van der Waals surface area contributed by atoms with Crippen LogP contribution in [0.25, 0.3) is 0 Å². The molecule has 0 aromatic rings. The molecule has 12 heavy (non-hydrogen) atoms. The maximum Gasteiger partial charge on any atom is 2.00 e. The summed E-state index contributed by atoms with van der Waals surface area (Å²) >= 11 is 0. The summed E-state index contributed by atoms with van der Waals surface area (Å²) in [6, 6.07) is 0. The molecule has 2 heteroatoms. The molecule has 0 aliphatic rings. The second-order valence-corrected chi connectivity index (χ2v) is 2.41. The zero-order valence-electron chi connectivity index (χ0n) is 8.96. The molecule has 0 rings (SSSR count). The van der Waals surface area contributed by atoms with E-state index in [-0.39, 0.29) is 46.6 Å². The molecule has 0 aromatic heterocycles. The first-order chi connectivity index (χ1) is 4.83. The fourth-order valence-corrected chi connectivity index (χ4v) is 0.500. The van der Waals surface area contributed by atoms with E-state index in [2.05, 4.69) is 27.7 Å². The van der Waals surface area contributed by atoms with E-state index in [9.17, 15) is 0 Å². The van der Waals surface area contributed by atoms with Crippen LogP contribution < -0.4 is 0 Å². The number of rotatable bonds is 4. The van der Waals surface area contributed by atoms with Crippen molar-refractivity contribution in [1.29, 1.82) is 0 Å². The van der Waals surface area contributed by atoms with E-state index in [0.717, 1.165) is 12.8 Å². The van der Waals surface area contributed by atoms with Gasteiger partial charge in [-0.05, 0) is 0 Å². The molecule has 0 heterocycles. The van der Waals surface area contributed by atoms with Gasteiger partial charge in [-0.3, -0.25) is 0 Å². The Hall–Kier alpha value is 1.52. The van der Waals surface area contributed by atoms with Crippen molar-refractivity contribution in [3.8, 4) is 0 Å². The van der Waals surface area contributed by atoms with Crippen molar-refractivity contribution in [3.63, 3.8) is 0 Å². The van der Waals surface area contributed by atoms with Crippen LogP contribution in [0.15, 0.2) is 0 Å². The van der Waals surface area contributed by atoms with Crippen LogP contribution in [-0.4, -0.2) is 29.6 Å². The normalized spacial score (nSPS) is 7.00. The summed E-state index contributed by atoms with van der Waals surface area (Å²) in [5.74, 6) is 0. The van der Waals surface area contributed by atoms with E-state index in [1.807, 2.05) is 0 Å². The number of hydrogen-bond acceptors (Lipinski definition) is 0. The van der Waals surface area contributed by atoms with Crippen LogP contribution >= 0.6 is 0 Å². The molecule has 0 aliphatic heterocycles. The zero-order chi connectivity index (χ0) is 8.24. The summed E-state index contributed by atoms with van der Waals surface area (Å²) in [5, 5.41) is 0. The quantitative estimate of drug-likeness (QED) is 0.509. The van der Waals surface area contributed by atoms with E-state index in [0.29, 0.717) is 0 Å². The molecule has 0 nitrogen and oxygen atoms in total. The van der Waals surface area contributed by atoms with Gasteiger partial charge < -0.3 is 13.8 Å². The van der Waals surface area contributed by atoms with Gasteiger partial charge in [0.05, 0.1) is 0 Å². The standard InChI is InChI=1S/2C5H11.Cu.Na/c2*1-3-5-4-2;;/h2*1,3-5H2,2H3;;/q2*-1;+2;.